The first-order valence-corrected chi connectivity index (χ1v) is 7.17. The van der Waals surface area contributed by atoms with E-state index in [9.17, 15) is 5.11 Å². The van der Waals surface area contributed by atoms with E-state index in [1.54, 1.807) is 14.2 Å². The zero-order valence-electron chi connectivity index (χ0n) is 12.8. The summed E-state index contributed by atoms with van der Waals surface area (Å²) in [7, 11) is 5.31. The van der Waals surface area contributed by atoms with Crippen molar-refractivity contribution in [2.24, 2.45) is 5.92 Å². The lowest BCUT2D eigenvalue weighted by atomic mass is 10.1. The SMILES string of the molecule is COc1ccc(OC)c(C(O)CN(C)C(C)C2CC2)c1. The van der Waals surface area contributed by atoms with Crippen molar-refractivity contribution in [1.29, 1.82) is 0 Å². The van der Waals surface area contributed by atoms with E-state index >= 15 is 0 Å². The van der Waals surface area contributed by atoms with Gasteiger partial charge in [0.1, 0.15) is 11.5 Å². The minimum atomic E-state index is -0.578. The Bertz CT molecular complexity index is 445. The van der Waals surface area contributed by atoms with Crippen LogP contribution in [-0.4, -0.2) is 43.9 Å². The van der Waals surface area contributed by atoms with Crippen LogP contribution in [0.25, 0.3) is 0 Å². The van der Waals surface area contributed by atoms with Gasteiger partial charge in [0.15, 0.2) is 0 Å². The maximum Gasteiger partial charge on any atom is 0.124 e. The highest BCUT2D eigenvalue weighted by atomic mass is 16.5. The van der Waals surface area contributed by atoms with Crippen molar-refractivity contribution < 1.29 is 14.6 Å². The monoisotopic (exact) mass is 279 g/mol. The first-order valence-electron chi connectivity index (χ1n) is 7.17. The molecule has 1 aliphatic carbocycles. The third-order valence-corrected chi connectivity index (χ3v) is 4.26. The van der Waals surface area contributed by atoms with Crippen LogP contribution in [0.2, 0.25) is 0 Å². The fraction of sp³-hybridized carbons (Fsp3) is 0.625. The van der Waals surface area contributed by atoms with Gasteiger partial charge < -0.3 is 19.5 Å². The predicted octanol–water partition coefficient (Wildman–Crippen LogP) is 2.47. The molecular formula is C16H25NO3. The third kappa shape index (κ3) is 3.44. The summed E-state index contributed by atoms with van der Waals surface area (Å²) in [5.74, 6) is 2.22. The van der Waals surface area contributed by atoms with Gasteiger partial charge in [0.2, 0.25) is 0 Å². The number of methoxy groups -OCH3 is 2. The maximum atomic E-state index is 10.5. The summed E-state index contributed by atoms with van der Waals surface area (Å²) >= 11 is 0. The Labute approximate surface area is 121 Å². The van der Waals surface area contributed by atoms with E-state index < -0.39 is 6.10 Å². The van der Waals surface area contributed by atoms with Gasteiger partial charge in [-0.15, -0.1) is 0 Å². The molecule has 0 saturated heterocycles. The molecule has 0 heterocycles. The van der Waals surface area contributed by atoms with Crippen molar-refractivity contribution in [2.45, 2.75) is 31.9 Å². The molecule has 20 heavy (non-hydrogen) atoms. The number of aliphatic hydroxyl groups is 1. The maximum absolute atomic E-state index is 10.5. The van der Waals surface area contributed by atoms with Crippen LogP contribution >= 0.6 is 0 Å². The smallest absolute Gasteiger partial charge is 0.124 e. The molecule has 1 aliphatic rings. The van der Waals surface area contributed by atoms with Crippen LogP contribution in [0, 0.1) is 5.92 Å². The molecule has 1 aromatic carbocycles. The van der Waals surface area contributed by atoms with Gasteiger partial charge in [0.25, 0.3) is 0 Å². The fourth-order valence-corrected chi connectivity index (χ4v) is 2.58. The molecule has 0 bridgehead atoms. The highest BCUT2D eigenvalue weighted by molar-refractivity contribution is 5.41. The largest absolute Gasteiger partial charge is 0.497 e. The number of nitrogens with zero attached hydrogens (tertiary/aromatic N) is 1. The van der Waals surface area contributed by atoms with Crippen LogP contribution in [0.1, 0.15) is 31.4 Å². The van der Waals surface area contributed by atoms with Crippen molar-refractivity contribution in [1.82, 2.24) is 4.90 Å². The molecule has 0 amide bonds. The molecule has 0 spiro atoms. The Morgan fingerprint density at radius 3 is 2.55 bits per heavy atom. The third-order valence-electron chi connectivity index (χ3n) is 4.26. The van der Waals surface area contributed by atoms with E-state index in [2.05, 4.69) is 18.9 Å². The minimum Gasteiger partial charge on any atom is -0.497 e. The molecule has 2 atom stereocenters. The molecule has 1 N–H and O–H groups in total. The highest BCUT2D eigenvalue weighted by Crippen LogP contribution is 2.36. The Balaban J connectivity index is 2.08. The van der Waals surface area contributed by atoms with E-state index in [0.717, 1.165) is 17.2 Å². The summed E-state index contributed by atoms with van der Waals surface area (Å²) in [6, 6.07) is 6.04. The van der Waals surface area contributed by atoms with Crippen molar-refractivity contribution in [3.8, 4) is 11.5 Å². The quantitative estimate of drug-likeness (QED) is 0.832. The first kappa shape index (κ1) is 15.1. The molecule has 0 aromatic heterocycles. The lowest BCUT2D eigenvalue weighted by Crippen LogP contribution is -2.34. The lowest BCUT2D eigenvalue weighted by molar-refractivity contribution is 0.100. The van der Waals surface area contributed by atoms with Gasteiger partial charge in [-0.1, -0.05) is 0 Å². The number of hydrogen-bond donors (Lipinski definition) is 1. The van der Waals surface area contributed by atoms with Gasteiger partial charge in [-0.05, 0) is 50.9 Å². The number of hydrogen-bond acceptors (Lipinski definition) is 4. The summed E-state index contributed by atoms with van der Waals surface area (Å²) in [6.45, 7) is 2.83. The van der Waals surface area contributed by atoms with E-state index in [1.807, 2.05) is 18.2 Å². The summed E-state index contributed by atoms with van der Waals surface area (Å²) in [5, 5.41) is 10.5. The highest BCUT2D eigenvalue weighted by Gasteiger charge is 2.31. The first-order chi connectivity index (χ1) is 9.56. The average molecular weight is 279 g/mol. The molecule has 0 radical (unpaired) electrons. The van der Waals surface area contributed by atoms with Crippen molar-refractivity contribution in [3.05, 3.63) is 23.8 Å². The molecule has 4 nitrogen and oxygen atoms in total. The number of aliphatic hydroxyl groups excluding tert-OH is 1. The molecule has 2 rings (SSSR count). The summed E-state index contributed by atoms with van der Waals surface area (Å²) in [4.78, 5) is 2.22. The van der Waals surface area contributed by atoms with Gasteiger partial charge in [0, 0.05) is 18.2 Å². The second-order valence-corrected chi connectivity index (χ2v) is 5.64. The van der Waals surface area contributed by atoms with Gasteiger partial charge >= 0.3 is 0 Å². The zero-order valence-corrected chi connectivity index (χ0v) is 12.8. The van der Waals surface area contributed by atoms with Crippen LogP contribution in [-0.2, 0) is 0 Å². The molecule has 112 valence electrons. The Kier molecular flexibility index (Phi) is 4.89. The average Bonchev–Trinajstić information content (AvgIpc) is 3.30. The van der Waals surface area contributed by atoms with Crippen LogP contribution in [0.15, 0.2) is 18.2 Å². The van der Waals surface area contributed by atoms with E-state index in [1.165, 1.54) is 12.8 Å². The van der Waals surface area contributed by atoms with Crippen LogP contribution < -0.4 is 9.47 Å². The van der Waals surface area contributed by atoms with Gasteiger partial charge in [-0.3, -0.25) is 0 Å². The summed E-state index contributed by atoms with van der Waals surface area (Å²) in [6.07, 6.45) is 2.04. The molecule has 1 saturated carbocycles. The van der Waals surface area contributed by atoms with Crippen LogP contribution in [0.4, 0.5) is 0 Å². The number of ether oxygens (including phenoxy) is 2. The van der Waals surface area contributed by atoms with Crippen molar-refractivity contribution in [2.75, 3.05) is 27.8 Å². The second kappa shape index (κ2) is 6.46. The van der Waals surface area contributed by atoms with E-state index in [-0.39, 0.29) is 0 Å². The van der Waals surface area contributed by atoms with Crippen molar-refractivity contribution >= 4 is 0 Å². The van der Waals surface area contributed by atoms with E-state index in [4.69, 9.17) is 9.47 Å². The van der Waals surface area contributed by atoms with Gasteiger partial charge in [-0.2, -0.15) is 0 Å². The minimum absolute atomic E-state index is 0.515. The molecule has 1 fully saturated rings. The number of rotatable bonds is 7. The fourth-order valence-electron chi connectivity index (χ4n) is 2.58. The molecular weight excluding hydrogens is 254 g/mol. The zero-order chi connectivity index (χ0) is 14.7. The van der Waals surface area contributed by atoms with Gasteiger partial charge in [-0.25, -0.2) is 0 Å². The molecule has 2 unspecified atom stereocenters. The number of benzene rings is 1. The Morgan fingerprint density at radius 2 is 2.00 bits per heavy atom. The lowest BCUT2D eigenvalue weighted by Gasteiger charge is -2.27. The van der Waals surface area contributed by atoms with Crippen molar-refractivity contribution in [3.63, 3.8) is 0 Å². The van der Waals surface area contributed by atoms with Gasteiger partial charge in [0.05, 0.1) is 20.3 Å². The summed E-state index contributed by atoms with van der Waals surface area (Å²) in [5.41, 5.74) is 0.779. The van der Waals surface area contributed by atoms with Crippen LogP contribution in [0.5, 0.6) is 11.5 Å². The predicted molar refractivity (Wildman–Crippen MR) is 79.3 cm³/mol. The molecule has 4 heteroatoms. The molecule has 1 aromatic rings. The topological polar surface area (TPSA) is 41.9 Å². The standard InChI is InChI=1S/C16H25NO3/c1-11(12-5-6-12)17(2)10-15(18)14-9-13(19-3)7-8-16(14)20-4/h7-9,11-12,15,18H,5-6,10H2,1-4H3. The van der Waals surface area contributed by atoms with E-state index in [0.29, 0.717) is 18.3 Å². The van der Waals surface area contributed by atoms with Crippen LogP contribution in [0.3, 0.4) is 0 Å². The normalized spacial score (nSPS) is 17.9. The summed E-state index contributed by atoms with van der Waals surface area (Å²) < 4.78 is 10.6. The molecule has 0 aliphatic heterocycles. The Hall–Kier alpha value is -1.26. The Morgan fingerprint density at radius 1 is 1.30 bits per heavy atom. The second-order valence-electron chi connectivity index (χ2n) is 5.64. The number of likely N-dealkylation sites (N-methyl/N-ethyl adjacent to an activating group) is 1.